The van der Waals surface area contributed by atoms with Crippen LogP contribution in [0.2, 0.25) is 0 Å². The topological polar surface area (TPSA) is 72.6 Å². The molecule has 1 atom stereocenters. The summed E-state index contributed by atoms with van der Waals surface area (Å²) < 4.78 is 4.57. The van der Waals surface area contributed by atoms with Crippen molar-refractivity contribution >= 4 is 23.6 Å². The zero-order chi connectivity index (χ0) is 15.7. The Balaban J connectivity index is 2.31. The fraction of sp³-hybridized carbons (Fsp3) is 0.733. The summed E-state index contributed by atoms with van der Waals surface area (Å²) in [5, 5.41) is 0. The lowest BCUT2D eigenvalue weighted by atomic mass is 10.0. The van der Waals surface area contributed by atoms with Crippen LogP contribution in [0.25, 0.3) is 0 Å². The van der Waals surface area contributed by atoms with Crippen LogP contribution in [0.15, 0.2) is 11.8 Å². The number of carbonyl (C=O) groups is 2. The van der Waals surface area contributed by atoms with Crippen LogP contribution in [0.3, 0.4) is 0 Å². The van der Waals surface area contributed by atoms with E-state index in [1.807, 2.05) is 11.8 Å². The number of ether oxygens (including phenoxy) is 1. The van der Waals surface area contributed by atoms with Gasteiger partial charge < -0.3 is 15.4 Å². The lowest BCUT2D eigenvalue weighted by Gasteiger charge is -2.26. The van der Waals surface area contributed by atoms with E-state index < -0.39 is 12.0 Å². The quantitative estimate of drug-likeness (QED) is 0.547. The maximum Gasteiger partial charge on any atom is 0.322 e. The van der Waals surface area contributed by atoms with Gasteiger partial charge in [-0.2, -0.15) is 11.8 Å². The van der Waals surface area contributed by atoms with E-state index in [0.717, 1.165) is 19.3 Å². The second-order valence-electron chi connectivity index (χ2n) is 5.05. The van der Waals surface area contributed by atoms with Crippen LogP contribution in [0, 0.1) is 0 Å². The third-order valence-corrected chi connectivity index (χ3v) is 4.51. The minimum atomic E-state index is -0.596. The number of hydrogen-bond donors (Lipinski definition) is 1. The van der Waals surface area contributed by atoms with Gasteiger partial charge in [-0.05, 0) is 44.8 Å². The SMILES string of the molecule is CCN(C(=O)CSCCC(N)C(=O)OC)C1=CCCCC1. The summed E-state index contributed by atoms with van der Waals surface area (Å²) in [7, 11) is 1.33. The molecule has 21 heavy (non-hydrogen) atoms. The van der Waals surface area contributed by atoms with Crippen molar-refractivity contribution in [3.63, 3.8) is 0 Å². The Hall–Kier alpha value is -1.01. The molecule has 0 aromatic rings. The zero-order valence-electron chi connectivity index (χ0n) is 13.0. The monoisotopic (exact) mass is 314 g/mol. The number of thioether (sulfide) groups is 1. The van der Waals surface area contributed by atoms with Crippen molar-refractivity contribution < 1.29 is 14.3 Å². The average Bonchev–Trinajstić information content (AvgIpc) is 2.52. The maximum absolute atomic E-state index is 12.2. The van der Waals surface area contributed by atoms with Crippen LogP contribution in [0.4, 0.5) is 0 Å². The number of methoxy groups -OCH3 is 1. The Bertz CT molecular complexity index is 385. The van der Waals surface area contributed by atoms with E-state index in [2.05, 4.69) is 10.8 Å². The minimum absolute atomic E-state index is 0.141. The van der Waals surface area contributed by atoms with Crippen molar-refractivity contribution in [2.24, 2.45) is 5.73 Å². The molecule has 0 saturated heterocycles. The lowest BCUT2D eigenvalue weighted by molar-refractivity contribution is -0.142. The van der Waals surface area contributed by atoms with Crippen molar-refractivity contribution in [3.05, 3.63) is 11.8 Å². The molecule has 0 bridgehead atoms. The number of carbonyl (C=O) groups excluding carboxylic acids is 2. The molecule has 0 aromatic carbocycles. The first-order chi connectivity index (χ1) is 10.1. The number of amides is 1. The Morgan fingerprint density at radius 2 is 2.24 bits per heavy atom. The zero-order valence-corrected chi connectivity index (χ0v) is 13.8. The third kappa shape index (κ3) is 6.09. The van der Waals surface area contributed by atoms with Crippen molar-refractivity contribution in [3.8, 4) is 0 Å². The fourth-order valence-corrected chi connectivity index (χ4v) is 3.22. The Kier molecular flexibility index (Phi) is 8.45. The number of nitrogens with two attached hydrogens (primary N) is 1. The summed E-state index contributed by atoms with van der Waals surface area (Å²) in [6, 6.07) is -0.596. The summed E-state index contributed by atoms with van der Waals surface area (Å²) in [6.45, 7) is 2.72. The molecule has 2 N–H and O–H groups in total. The van der Waals surface area contributed by atoms with Crippen LogP contribution in [0.1, 0.15) is 39.0 Å². The van der Waals surface area contributed by atoms with Gasteiger partial charge in [0, 0.05) is 12.2 Å². The highest BCUT2D eigenvalue weighted by Crippen LogP contribution is 2.21. The molecule has 1 amide bonds. The molecule has 6 heteroatoms. The molecule has 0 aromatic heterocycles. The van der Waals surface area contributed by atoms with E-state index in [1.165, 1.54) is 31.0 Å². The maximum atomic E-state index is 12.2. The van der Waals surface area contributed by atoms with Crippen LogP contribution in [-0.4, -0.2) is 48.0 Å². The van der Waals surface area contributed by atoms with Crippen LogP contribution < -0.4 is 5.73 Å². The molecule has 0 heterocycles. The van der Waals surface area contributed by atoms with Crippen LogP contribution in [0.5, 0.6) is 0 Å². The van der Waals surface area contributed by atoms with E-state index in [0.29, 0.717) is 24.5 Å². The predicted molar refractivity (Wildman–Crippen MR) is 85.9 cm³/mol. The van der Waals surface area contributed by atoms with Gasteiger partial charge in [-0.15, -0.1) is 0 Å². The van der Waals surface area contributed by atoms with Gasteiger partial charge in [-0.25, -0.2) is 0 Å². The smallest absolute Gasteiger partial charge is 0.322 e. The first-order valence-corrected chi connectivity index (χ1v) is 8.66. The average molecular weight is 314 g/mol. The molecule has 1 aliphatic rings. The molecular formula is C15H26N2O3S. The van der Waals surface area contributed by atoms with E-state index >= 15 is 0 Å². The van der Waals surface area contributed by atoms with Crippen LogP contribution >= 0.6 is 11.8 Å². The van der Waals surface area contributed by atoms with Gasteiger partial charge in [0.2, 0.25) is 5.91 Å². The number of hydrogen-bond acceptors (Lipinski definition) is 5. The number of esters is 1. The van der Waals surface area contributed by atoms with Crippen molar-refractivity contribution in [2.75, 3.05) is 25.2 Å². The Labute approximate surface area is 131 Å². The van der Waals surface area contributed by atoms with E-state index in [1.54, 1.807) is 0 Å². The highest BCUT2D eigenvalue weighted by atomic mass is 32.2. The highest BCUT2D eigenvalue weighted by molar-refractivity contribution is 7.99. The molecule has 5 nitrogen and oxygen atoms in total. The summed E-state index contributed by atoms with van der Waals surface area (Å²) in [5.41, 5.74) is 6.82. The standard InChI is InChI=1S/C15H26N2O3S/c1-3-17(12-7-5-4-6-8-12)14(18)11-21-10-9-13(16)15(19)20-2/h7,13H,3-6,8-11,16H2,1-2H3. The fourth-order valence-electron chi connectivity index (χ4n) is 2.32. The van der Waals surface area contributed by atoms with Gasteiger partial charge in [0.05, 0.1) is 12.9 Å². The molecule has 1 rings (SSSR count). The molecule has 1 unspecified atom stereocenters. The summed E-state index contributed by atoms with van der Waals surface area (Å²) in [6.07, 6.45) is 7.16. The molecular weight excluding hydrogens is 288 g/mol. The summed E-state index contributed by atoms with van der Waals surface area (Å²) >= 11 is 1.52. The van der Waals surface area contributed by atoms with Crippen LogP contribution in [-0.2, 0) is 14.3 Å². The lowest BCUT2D eigenvalue weighted by Crippen LogP contribution is -2.33. The first-order valence-electron chi connectivity index (χ1n) is 7.50. The van der Waals surface area contributed by atoms with E-state index in [9.17, 15) is 9.59 Å². The third-order valence-electron chi connectivity index (χ3n) is 3.53. The Morgan fingerprint density at radius 3 is 2.81 bits per heavy atom. The number of nitrogens with zero attached hydrogens (tertiary/aromatic N) is 1. The van der Waals surface area contributed by atoms with Crippen molar-refractivity contribution in [2.45, 2.75) is 45.1 Å². The normalized spacial score (nSPS) is 16.0. The van der Waals surface area contributed by atoms with Gasteiger partial charge in [0.25, 0.3) is 0 Å². The second-order valence-corrected chi connectivity index (χ2v) is 6.16. The number of allylic oxidation sites excluding steroid dienone is 2. The van der Waals surface area contributed by atoms with Crippen molar-refractivity contribution in [1.29, 1.82) is 0 Å². The predicted octanol–water partition coefficient (Wildman–Crippen LogP) is 1.92. The molecule has 0 fully saturated rings. The Morgan fingerprint density at radius 1 is 1.48 bits per heavy atom. The van der Waals surface area contributed by atoms with Gasteiger partial charge in [0.1, 0.15) is 6.04 Å². The molecule has 120 valence electrons. The molecule has 0 spiro atoms. The van der Waals surface area contributed by atoms with E-state index in [4.69, 9.17) is 5.73 Å². The van der Waals surface area contributed by atoms with Gasteiger partial charge in [-0.1, -0.05) is 6.08 Å². The molecule has 0 saturated carbocycles. The van der Waals surface area contributed by atoms with Gasteiger partial charge in [0.15, 0.2) is 0 Å². The summed E-state index contributed by atoms with van der Waals surface area (Å²) in [5.74, 6) is 0.851. The minimum Gasteiger partial charge on any atom is -0.468 e. The first kappa shape index (κ1) is 18.0. The largest absolute Gasteiger partial charge is 0.468 e. The van der Waals surface area contributed by atoms with Gasteiger partial charge in [-0.3, -0.25) is 9.59 Å². The van der Waals surface area contributed by atoms with E-state index in [-0.39, 0.29) is 5.91 Å². The number of rotatable bonds is 8. The molecule has 0 radical (unpaired) electrons. The molecule has 1 aliphatic carbocycles. The summed E-state index contributed by atoms with van der Waals surface area (Å²) in [4.78, 5) is 25.3. The second kappa shape index (κ2) is 9.84. The van der Waals surface area contributed by atoms with Gasteiger partial charge >= 0.3 is 5.97 Å². The molecule has 0 aliphatic heterocycles. The van der Waals surface area contributed by atoms with Crippen molar-refractivity contribution in [1.82, 2.24) is 4.90 Å². The highest BCUT2D eigenvalue weighted by Gasteiger charge is 2.18.